The Morgan fingerprint density at radius 1 is 1.35 bits per heavy atom. The van der Waals surface area contributed by atoms with Crippen molar-refractivity contribution in [1.82, 2.24) is 4.90 Å². The average Bonchev–Trinajstić information content (AvgIpc) is 2.46. The summed E-state index contributed by atoms with van der Waals surface area (Å²) in [4.78, 5) is 6.45. The van der Waals surface area contributed by atoms with Crippen molar-refractivity contribution in [2.45, 2.75) is 32.8 Å². The second-order valence-corrected chi connectivity index (χ2v) is 5.79. The van der Waals surface area contributed by atoms with Gasteiger partial charge in [-0.05, 0) is 31.2 Å². The van der Waals surface area contributed by atoms with E-state index in [0.717, 1.165) is 37.4 Å². The molecule has 0 radical (unpaired) electrons. The molecule has 4 nitrogen and oxygen atoms in total. The molecule has 0 spiro atoms. The molecule has 4 heteroatoms. The molecule has 0 amide bonds. The molecule has 1 heterocycles. The first-order valence-electron chi connectivity index (χ1n) is 7.35. The van der Waals surface area contributed by atoms with Crippen LogP contribution in [0.15, 0.2) is 29.3 Å². The van der Waals surface area contributed by atoms with Crippen molar-refractivity contribution in [3.8, 4) is 0 Å². The minimum atomic E-state index is -0.585. The van der Waals surface area contributed by atoms with E-state index in [2.05, 4.69) is 16.8 Å². The van der Waals surface area contributed by atoms with E-state index in [1.807, 2.05) is 31.2 Å². The van der Waals surface area contributed by atoms with Gasteiger partial charge in [-0.3, -0.25) is 4.99 Å². The highest BCUT2D eigenvalue weighted by Gasteiger charge is 2.17. The van der Waals surface area contributed by atoms with Crippen LogP contribution in [-0.2, 0) is 0 Å². The predicted octanol–water partition coefficient (Wildman–Crippen LogP) is 2.08. The Balaban J connectivity index is 1.89. The second kappa shape index (κ2) is 6.75. The van der Waals surface area contributed by atoms with Crippen LogP contribution >= 0.6 is 0 Å². The van der Waals surface area contributed by atoms with Gasteiger partial charge >= 0.3 is 0 Å². The summed E-state index contributed by atoms with van der Waals surface area (Å²) in [5.74, 6) is 1.33. The minimum absolute atomic E-state index is 0.320. The van der Waals surface area contributed by atoms with Crippen LogP contribution in [0, 0.1) is 12.8 Å². The summed E-state index contributed by atoms with van der Waals surface area (Å²) in [7, 11) is 0. The molecule has 0 aromatic heterocycles. The highest BCUT2D eigenvalue weighted by molar-refractivity contribution is 5.78. The van der Waals surface area contributed by atoms with Gasteiger partial charge in [0.05, 0.1) is 12.6 Å². The minimum Gasteiger partial charge on any atom is -0.386 e. The van der Waals surface area contributed by atoms with Crippen molar-refractivity contribution >= 4 is 5.96 Å². The molecule has 0 bridgehead atoms. The third kappa shape index (κ3) is 3.97. The number of piperidine rings is 1. The van der Waals surface area contributed by atoms with E-state index in [9.17, 15) is 5.11 Å². The van der Waals surface area contributed by atoms with Crippen molar-refractivity contribution in [3.63, 3.8) is 0 Å². The maximum Gasteiger partial charge on any atom is 0.191 e. The lowest BCUT2D eigenvalue weighted by atomic mass is 10.00. The van der Waals surface area contributed by atoms with Crippen LogP contribution in [0.1, 0.15) is 37.0 Å². The quantitative estimate of drug-likeness (QED) is 0.656. The number of aliphatic hydroxyl groups excluding tert-OH is 1. The maximum absolute atomic E-state index is 10.1. The van der Waals surface area contributed by atoms with Gasteiger partial charge in [0.2, 0.25) is 0 Å². The number of guanidine groups is 1. The monoisotopic (exact) mass is 275 g/mol. The van der Waals surface area contributed by atoms with Crippen LogP contribution in [0.5, 0.6) is 0 Å². The standard InChI is InChI=1S/C16H25N3O/c1-12-3-5-14(6-4-12)15(20)11-18-16(17)19-9-7-13(2)8-10-19/h3-6,13,15,20H,7-11H2,1-2H3,(H2,17,18). The number of nitrogens with zero attached hydrogens (tertiary/aromatic N) is 2. The van der Waals surface area contributed by atoms with Crippen molar-refractivity contribution in [3.05, 3.63) is 35.4 Å². The Labute approximate surface area is 121 Å². The molecule has 1 fully saturated rings. The molecular formula is C16H25N3O. The summed E-state index contributed by atoms with van der Waals surface area (Å²) in [5.41, 5.74) is 8.08. The van der Waals surface area contributed by atoms with Gasteiger partial charge in [0.1, 0.15) is 0 Å². The molecule has 20 heavy (non-hydrogen) atoms. The highest BCUT2D eigenvalue weighted by Crippen LogP contribution is 2.17. The summed E-state index contributed by atoms with van der Waals surface area (Å²) >= 11 is 0. The Morgan fingerprint density at radius 3 is 2.55 bits per heavy atom. The summed E-state index contributed by atoms with van der Waals surface area (Å²) in [6.45, 7) is 6.56. The summed E-state index contributed by atoms with van der Waals surface area (Å²) in [5, 5.41) is 10.1. The van der Waals surface area contributed by atoms with Gasteiger partial charge in [-0.15, -0.1) is 0 Å². The Kier molecular flexibility index (Phi) is 5.01. The van der Waals surface area contributed by atoms with E-state index in [1.54, 1.807) is 0 Å². The van der Waals surface area contributed by atoms with E-state index in [1.165, 1.54) is 5.56 Å². The molecule has 1 unspecified atom stereocenters. The van der Waals surface area contributed by atoms with Crippen molar-refractivity contribution in [2.24, 2.45) is 16.6 Å². The zero-order chi connectivity index (χ0) is 14.5. The molecular weight excluding hydrogens is 250 g/mol. The topological polar surface area (TPSA) is 61.9 Å². The van der Waals surface area contributed by atoms with Crippen molar-refractivity contribution in [2.75, 3.05) is 19.6 Å². The number of rotatable bonds is 3. The molecule has 1 saturated heterocycles. The first-order chi connectivity index (χ1) is 9.56. The first-order valence-corrected chi connectivity index (χ1v) is 7.35. The van der Waals surface area contributed by atoms with Gasteiger partial charge in [0.15, 0.2) is 5.96 Å². The van der Waals surface area contributed by atoms with Crippen LogP contribution in [0.25, 0.3) is 0 Å². The Bertz CT molecular complexity index is 447. The molecule has 0 aliphatic carbocycles. The number of likely N-dealkylation sites (tertiary alicyclic amines) is 1. The average molecular weight is 275 g/mol. The van der Waals surface area contributed by atoms with E-state index in [0.29, 0.717) is 12.5 Å². The molecule has 1 aliphatic rings. The molecule has 2 rings (SSSR count). The van der Waals surface area contributed by atoms with Gasteiger partial charge in [-0.1, -0.05) is 36.8 Å². The third-order valence-electron chi connectivity index (χ3n) is 4.00. The molecule has 1 atom stereocenters. The number of aryl methyl sites for hydroxylation is 1. The van der Waals surface area contributed by atoms with E-state index >= 15 is 0 Å². The fraction of sp³-hybridized carbons (Fsp3) is 0.562. The van der Waals surface area contributed by atoms with Crippen molar-refractivity contribution in [1.29, 1.82) is 0 Å². The van der Waals surface area contributed by atoms with Crippen LogP contribution < -0.4 is 5.73 Å². The number of nitrogens with two attached hydrogens (primary N) is 1. The Hall–Kier alpha value is -1.55. The summed E-state index contributed by atoms with van der Waals surface area (Å²) in [6.07, 6.45) is 1.74. The number of hydrogen-bond donors (Lipinski definition) is 2. The third-order valence-corrected chi connectivity index (χ3v) is 4.00. The summed E-state index contributed by atoms with van der Waals surface area (Å²) in [6, 6.07) is 7.87. The maximum atomic E-state index is 10.1. The molecule has 110 valence electrons. The molecule has 1 aromatic carbocycles. The highest BCUT2D eigenvalue weighted by atomic mass is 16.3. The first kappa shape index (κ1) is 14.9. The van der Waals surface area contributed by atoms with Gasteiger partial charge in [-0.2, -0.15) is 0 Å². The zero-order valence-electron chi connectivity index (χ0n) is 12.4. The van der Waals surface area contributed by atoms with E-state index < -0.39 is 6.10 Å². The fourth-order valence-electron chi connectivity index (χ4n) is 2.41. The van der Waals surface area contributed by atoms with E-state index in [4.69, 9.17) is 5.73 Å². The zero-order valence-corrected chi connectivity index (χ0v) is 12.4. The largest absolute Gasteiger partial charge is 0.386 e. The molecule has 3 N–H and O–H groups in total. The van der Waals surface area contributed by atoms with E-state index in [-0.39, 0.29) is 0 Å². The van der Waals surface area contributed by atoms with Crippen LogP contribution in [0.3, 0.4) is 0 Å². The summed E-state index contributed by atoms with van der Waals surface area (Å²) < 4.78 is 0. The SMILES string of the molecule is Cc1ccc(C(O)CN=C(N)N2CCC(C)CC2)cc1. The van der Waals surface area contributed by atoms with Crippen LogP contribution in [0.2, 0.25) is 0 Å². The van der Waals surface area contributed by atoms with Gasteiger partial charge in [0, 0.05) is 13.1 Å². The fourth-order valence-corrected chi connectivity index (χ4v) is 2.41. The lowest BCUT2D eigenvalue weighted by Gasteiger charge is -2.31. The smallest absolute Gasteiger partial charge is 0.191 e. The Morgan fingerprint density at radius 2 is 1.95 bits per heavy atom. The lowest BCUT2D eigenvalue weighted by molar-refractivity contribution is 0.186. The molecule has 1 aromatic rings. The normalized spacial score (nSPS) is 19.1. The van der Waals surface area contributed by atoms with Gasteiger partial charge < -0.3 is 15.7 Å². The predicted molar refractivity (Wildman–Crippen MR) is 82.6 cm³/mol. The number of benzene rings is 1. The van der Waals surface area contributed by atoms with Crippen LogP contribution in [-0.4, -0.2) is 35.6 Å². The van der Waals surface area contributed by atoms with Crippen molar-refractivity contribution < 1.29 is 5.11 Å². The molecule has 0 saturated carbocycles. The van der Waals surface area contributed by atoms with Crippen LogP contribution in [0.4, 0.5) is 0 Å². The number of hydrogen-bond acceptors (Lipinski definition) is 2. The number of aliphatic hydroxyl groups is 1. The second-order valence-electron chi connectivity index (χ2n) is 5.79. The lowest BCUT2D eigenvalue weighted by Crippen LogP contribution is -2.42. The van der Waals surface area contributed by atoms with Gasteiger partial charge in [-0.25, -0.2) is 0 Å². The molecule has 1 aliphatic heterocycles. The number of aliphatic imine (C=N–C) groups is 1. The van der Waals surface area contributed by atoms with Gasteiger partial charge in [0.25, 0.3) is 0 Å².